The lowest BCUT2D eigenvalue weighted by Crippen LogP contribution is -2.49. The Morgan fingerprint density at radius 1 is 0.926 bits per heavy atom. The third-order valence-electron chi connectivity index (χ3n) is 4.70. The molecule has 0 aliphatic heterocycles. The maximum absolute atomic E-state index is 9.59. The molecule has 0 aliphatic carbocycles. The summed E-state index contributed by atoms with van der Waals surface area (Å²) >= 11 is 1.67. The first-order valence-corrected chi connectivity index (χ1v) is 9.71. The average molecular weight is 408 g/mol. The van der Waals surface area contributed by atoms with Gasteiger partial charge < -0.3 is 20.6 Å². The van der Waals surface area contributed by atoms with Crippen LogP contribution in [0.2, 0.25) is 0 Å². The average Bonchev–Trinajstić information content (AvgIpc) is 2.64. The van der Waals surface area contributed by atoms with Crippen LogP contribution in [0.4, 0.5) is 0 Å². The van der Waals surface area contributed by atoms with Gasteiger partial charge in [0.05, 0.1) is 12.1 Å². The summed E-state index contributed by atoms with van der Waals surface area (Å²) in [6, 6.07) is 16.5. The van der Waals surface area contributed by atoms with Crippen LogP contribution in [0.5, 0.6) is 0 Å². The second-order valence-corrected chi connectivity index (χ2v) is 8.02. The Morgan fingerprint density at radius 2 is 1.41 bits per heavy atom. The number of halogens is 1. The van der Waals surface area contributed by atoms with Crippen molar-refractivity contribution in [2.24, 2.45) is 0 Å². The molecule has 146 valence electrons. The van der Waals surface area contributed by atoms with Crippen LogP contribution in [0.15, 0.2) is 53.4 Å². The SMILES string of the molecule is CC(C)(NCc1c2ccccc2c(SCCO)c2ccccc12)C(O)O.Cl. The van der Waals surface area contributed by atoms with Crippen molar-refractivity contribution in [1.82, 2.24) is 5.32 Å². The highest BCUT2D eigenvalue weighted by atomic mass is 35.5. The molecule has 0 saturated carbocycles. The Morgan fingerprint density at radius 3 is 1.85 bits per heavy atom. The molecule has 0 saturated heterocycles. The topological polar surface area (TPSA) is 72.7 Å². The summed E-state index contributed by atoms with van der Waals surface area (Å²) in [5, 5.41) is 36.3. The fourth-order valence-corrected chi connectivity index (χ4v) is 4.04. The highest BCUT2D eigenvalue weighted by Crippen LogP contribution is 2.38. The Balaban J connectivity index is 0.00000261. The lowest BCUT2D eigenvalue weighted by atomic mass is 9.95. The van der Waals surface area contributed by atoms with E-state index in [2.05, 4.69) is 29.6 Å². The van der Waals surface area contributed by atoms with E-state index in [0.717, 1.165) is 27.1 Å². The van der Waals surface area contributed by atoms with Crippen LogP contribution in [0.1, 0.15) is 19.4 Å². The lowest BCUT2D eigenvalue weighted by molar-refractivity contribution is -0.0973. The predicted octanol–water partition coefficient (Wildman–Crippen LogP) is 3.68. The second kappa shape index (κ2) is 9.24. The smallest absolute Gasteiger partial charge is 0.169 e. The third-order valence-corrected chi connectivity index (χ3v) is 5.81. The zero-order chi connectivity index (χ0) is 18.7. The number of nitrogens with one attached hydrogen (secondary N) is 1. The van der Waals surface area contributed by atoms with Crippen LogP contribution in [0, 0.1) is 0 Å². The van der Waals surface area contributed by atoms with Crippen molar-refractivity contribution in [3.63, 3.8) is 0 Å². The number of fused-ring (bicyclic) bond motifs is 2. The summed E-state index contributed by atoms with van der Waals surface area (Å²) in [5.41, 5.74) is 0.324. The van der Waals surface area contributed by atoms with Crippen molar-refractivity contribution in [2.45, 2.75) is 37.1 Å². The van der Waals surface area contributed by atoms with Crippen molar-refractivity contribution < 1.29 is 15.3 Å². The van der Waals surface area contributed by atoms with Gasteiger partial charge in [0.1, 0.15) is 0 Å². The molecule has 0 bridgehead atoms. The van der Waals surface area contributed by atoms with E-state index >= 15 is 0 Å². The van der Waals surface area contributed by atoms with Gasteiger partial charge in [-0.1, -0.05) is 48.5 Å². The van der Waals surface area contributed by atoms with E-state index in [1.807, 2.05) is 24.3 Å². The molecule has 0 fully saturated rings. The molecule has 27 heavy (non-hydrogen) atoms. The van der Waals surface area contributed by atoms with Crippen LogP contribution in [0.25, 0.3) is 21.5 Å². The first kappa shape index (κ1) is 22.0. The molecule has 4 N–H and O–H groups in total. The van der Waals surface area contributed by atoms with E-state index in [-0.39, 0.29) is 19.0 Å². The summed E-state index contributed by atoms with van der Waals surface area (Å²) in [7, 11) is 0. The molecule has 0 unspecified atom stereocenters. The number of aliphatic hydroxyl groups is 3. The van der Waals surface area contributed by atoms with E-state index in [1.54, 1.807) is 25.6 Å². The highest BCUT2D eigenvalue weighted by Gasteiger charge is 2.26. The van der Waals surface area contributed by atoms with Gasteiger partial charge in [-0.05, 0) is 41.0 Å². The van der Waals surface area contributed by atoms with Crippen molar-refractivity contribution in [3.8, 4) is 0 Å². The number of hydrogen-bond acceptors (Lipinski definition) is 5. The van der Waals surface area contributed by atoms with Crippen LogP contribution in [-0.2, 0) is 6.54 Å². The molecule has 0 amide bonds. The lowest BCUT2D eigenvalue weighted by Gasteiger charge is -2.29. The molecule has 3 aromatic rings. The molecule has 6 heteroatoms. The van der Waals surface area contributed by atoms with Gasteiger partial charge in [0.25, 0.3) is 0 Å². The standard InChI is InChI=1S/C21H25NO3S.ClH/c1-21(2,20(24)25)22-13-18-14-7-3-5-9-16(14)19(26-12-11-23)17-10-6-4-8-15(17)18;/h3-10,20,22-25H,11-13H2,1-2H3;1H. The van der Waals surface area contributed by atoms with Crippen LogP contribution < -0.4 is 5.32 Å². The maximum Gasteiger partial charge on any atom is 0.169 e. The minimum absolute atomic E-state index is 0. The van der Waals surface area contributed by atoms with Gasteiger partial charge in [0.2, 0.25) is 0 Å². The van der Waals surface area contributed by atoms with E-state index in [4.69, 9.17) is 0 Å². The Labute approximate surface area is 170 Å². The van der Waals surface area contributed by atoms with Crippen molar-refractivity contribution >= 4 is 45.7 Å². The van der Waals surface area contributed by atoms with Gasteiger partial charge in [-0.3, -0.25) is 0 Å². The summed E-state index contributed by atoms with van der Waals surface area (Å²) in [6.45, 7) is 4.21. The van der Waals surface area contributed by atoms with Gasteiger partial charge in [-0.25, -0.2) is 0 Å². The Hall–Kier alpha value is -1.34. The summed E-state index contributed by atoms with van der Waals surface area (Å²) in [5.74, 6) is 0.648. The van der Waals surface area contributed by atoms with Crippen molar-refractivity contribution in [3.05, 3.63) is 54.1 Å². The quantitative estimate of drug-likeness (QED) is 0.273. The van der Waals surface area contributed by atoms with Gasteiger partial charge >= 0.3 is 0 Å². The van der Waals surface area contributed by atoms with Crippen molar-refractivity contribution in [2.75, 3.05) is 12.4 Å². The minimum Gasteiger partial charge on any atom is -0.396 e. The van der Waals surface area contributed by atoms with Gasteiger partial charge in [0.15, 0.2) is 6.29 Å². The van der Waals surface area contributed by atoms with E-state index in [1.165, 1.54) is 4.90 Å². The largest absolute Gasteiger partial charge is 0.396 e. The number of aliphatic hydroxyl groups excluding tert-OH is 2. The normalized spacial score (nSPS) is 11.9. The monoisotopic (exact) mass is 407 g/mol. The first-order chi connectivity index (χ1) is 12.5. The highest BCUT2D eigenvalue weighted by molar-refractivity contribution is 7.99. The molecule has 4 nitrogen and oxygen atoms in total. The zero-order valence-electron chi connectivity index (χ0n) is 15.5. The van der Waals surface area contributed by atoms with Gasteiger partial charge in [-0.2, -0.15) is 0 Å². The molecule has 3 rings (SSSR count). The second-order valence-electron chi connectivity index (χ2n) is 6.92. The number of benzene rings is 3. The number of thioether (sulfide) groups is 1. The maximum atomic E-state index is 9.59. The third kappa shape index (κ3) is 4.57. The predicted molar refractivity (Wildman–Crippen MR) is 116 cm³/mol. The summed E-state index contributed by atoms with van der Waals surface area (Å²) in [6.07, 6.45) is -1.44. The van der Waals surface area contributed by atoms with E-state index in [0.29, 0.717) is 12.3 Å². The Bertz CT molecular complexity index is 857. The zero-order valence-corrected chi connectivity index (χ0v) is 17.1. The van der Waals surface area contributed by atoms with Crippen molar-refractivity contribution in [1.29, 1.82) is 0 Å². The molecule has 0 atom stereocenters. The minimum atomic E-state index is -1.44. The number of rotatable bonds is 7. The van der Waals surface area contributed by atoms with E-state index < -0.39 is 11.8 Å². The van der Waals surface area contributed by atoms with Crippen LogP contribution in [0.3, 0.4) is 0 Å². The van der Waals surface area contributed by atoms with Crippen LogP contribution in [-0.4, -0.2) is 39.5 Å². The molecular weight excluding hydrogens is 382 g/mol. The first-order valence-electron chi connectivity index (χ1n) is 8.73. The number of hydrogen-bond donors (Lipinski definition) is 4. The molecule has 0 spiro atoms. The molecule has 0 heterocycles. The molecule has 0 aromatic heterocycles. The fourth-order valence-electron chi connectivity index (χ4n) is 3.08. The molecule has 0 radical (unpaired) electrons. The molecular formula is C21H26ClNO3S. The summed E-state index contributed by atoms with van der Waals surface area (Å²) < 4.78 is 0. The molecule has 3 aromatic carbocycles. The Kier molecular flexibility index (Phi) is 7.51. The van der Waals surface area contributed by atoms with E-state index in [9.17, 15) is 15.3 Å². The van der Waals surface area contributed by atoms with Crippen LogP contribution >= 0.6 is 24.2 Å². The fraction of sp³-hybridized carbons (Fsp3) is 0.333. The molecule has 0 aliphatic rings. The van der Waals surface area contributed by atoms with Gasteiger partial charge in [0, 0.05) is 17.2 Å². The van der Waals surface area contributed by atoms with Gasteiger partial charge in [-0.15, -0.1) is 24.2 Å². The summed E-state index contributed by atoms with van der Waals surface area (Å²) in [4.78, 5) is 1.18.